The Morgan fingerprint density at radius 2 is 2.11 bits per heavy atom. The van der Waals surface area contributed by atoms with E-state index in [1.54, 1.807) is 0 Å². The molecule has 1 aromatic carbocycles. The first-order chi connectivity index (χ1) is 8.69. The van der Waals surface area contributed by atoms with E-state index in [4.69, 9.17) is 27.9 Å². The Kier molecular flexibility index (Phi) is 7.68. The van der Waals surface area contributed by atoms with Crippen molar-refractivity contribution < 1.29 is 4.74 Å². The van der Waals surface area contributed by atoms with Gasteiger partial charge in [0.25, 0.3) is 0 Å². The van der Waals surface area contributed by atoms with Crippen molar-refractivity contribution in [1.29, 1.82) is 0 Å². The van der Waals surface area contributed by atoms with E-state index >= 15 is 0 Å². The number of nitrogens with one attached hydrogen (secondary N) is 1. The number of hydrogen-bond donors (Lipinski definition) is 1. The van der Waals surface area contributed by atoms with Crippen LogP contribution < -0.4 is 5.32 Å². The highest BCUT2D eigenvalue weighted by atomic mass is 35.5. The van der Waals surface area contributed by atoms with Gasteiger partial charge in [0.1, 0.15) is 0 Å². The Hall–Kier alpha value is -0.280. The second-order valence-electron chi connectivity index (χ2n) is 4.24. The molecule has 1 atom stereocenters. The van der Waals surface area contributed by atoms with E-state index < -0.39 is 0 Å². The largest absolute Gasteiger partial charge is 0.382 e. The Balaban J connectivity index is 2.49. The molecule has 0 saturated heterocycles. The van der Waals surface area contributed by atoms with Gasteiger partial charge in [0.2, 0.25) is 0 Å². The van der Waals surface area contributed by atoms with Crippen molar-refractivity contribution in [3.8, 4) is 0 Å². The lowest BCUT2D eigenvalue weighted by molar-refractivity contribution is 0.141. The van der Waals surface area contributed by atoms with E-state index in [2.05, 4.69) is 5.32 Å². The van der Waals surface area contributed by atoms with E-state index in [0.717, 1.165) is 38.0 Å². The van der Waals surface area contributed by atoms with Crippen LogP contribution in [-0.4, -0.2) is 26.3 Å². The number of benzene rings is 1. The van der Waals surface area contributed by atoms with Gasteiger partial charge in [-0.05, 0) is 44.9 Å². The Labute approximate surface area is 120 Å². The number of halogens is 2. The second kappa shape index (κ2) is 8.76. The van der Waals surface area contributed by atoms with Crippen LogP contribution in [0.4, 0.5) is 0 Å². The third-order valence-corrected chi connectivity index (χ3v) is 3.81. The van der Waals surface area contributed by atoms with Gasteiger partial charge in [-0.3, -0.25) is 0 Å². The van der Waals surface area contributed by atoms with E-state index in [0.29, 0.717) is 16.1 Å². The molecule has 1 unspecified atom stereocenters. The summed E-state index contributed by atoms with van der Waals surface area (Å²) in [5, 5.41) is 4.61. The Morgan fingerprint density at radius 1 is 1.33 bits per heavy atom. The summed E-state index contributed by atoms with van der Waals surface area (Å²) < 4.78 is 5.35. The molecular formula is C14H21Cl2NO. The fraction of sp³-hybridized carbons (Fsp3) is 0.571. The summed E-state index contributed by atoms with van der Waals surface area (Å²) in [7, 11) is 1.98. The molecule has 18 heavy (non-hydrogen) atoms. The molecule has 0 radical (unpaired) electrons. The molecule has 2 nitrogen and oxygen atoms in total. The smallest absolute Gasteiger partial charge is 0.0624 e. The molecule has 0 fully saturated rings. The Bertz CT molecular complexity index is 358. The summed E-state index contributed by atoms with van der Waals surface area (Å²) in [5.41, 5.74) is 1.10. The van der Waals surface area contributed by atoms with E-state index in [-0.39, 0.29) is 0 Å². The third kappa shape index (κ3) is 5.15. The van der Waals surface area contributed by atoms with Crippen LogP contribution in [0, 0.1) is 0 Å². The summed E-state index contributed by atoms with van der Waals surface area (Å²) in [6.07, 6.45) is 3.01. The van der Waals surface area contributed by atoms with E-state index in [9.17, 15) is 0 Å². The molecular weight excluding hydrogens is 269 g/mol. The quantitative estimate of drug-likeness (QED) is 0.732. The summed E-state index contributed by atoms with van der Waals surface area (Å²) in [6, 6.07) is 6.19. The summed E-state index contributed by atoms with van der Waals surface area (Å²) in [6.45, 7) is 3.61. The molecule has 1 aromatic rings. The van der Waals surface area contributed by atoms with Gasteiger partial charge in [0.15, 0.2) is 0 Å². The number of hydrogen-bond acceptors (Lipinski definition) is 2. The minimum Gasteiger partial charge on any atom is -0.382 e. The monoisotopic (exact) mass is 289 g/mol. The highest BCUT2D eigenvalue weighted by molar-refractivity contribution is 6.42. The van der Waals surface area contributed by atoms with Gasteiger partial charge >= 0.3 is 0 Å². The first-order valence-corrected chi connectivity index (χ1v) is 7.12. The van der Waals surface area contributed by atoms with Crippen LogP contribution >= 0.6 is 23.2 Å². The third-order valence-electron chi connectivity index (χ3n) is 2.95. The normalized spacial score (nSPS) is 12.7. The predicted octanol–water partition coefficient (Wildman–Crippen LogP) is 3.94. The molecule has 1 rings (SSSR count). The molecule has 0 heterocycles. The van der Waals surface area contributed by atoms with Gasteiger partial charge in [0, 0.05) is 19.3 Å². The summed E-state index contributed by atoms with van der Waals surface area (Å²) in [5.74, 6) is 0. The van der Waals surface area contributed by atoms with Crippen molar-refractivity contribution in [2.24, 2.45) is 0 Å². The van der Waals surface area contributed by atoms with Crippen LogP contribution in [0.3, 0.4) is 0 Å². The fourth-order valence-electron chi connectivity index (χ4n) is 1.90. The van der Waals surface area contributed by atoms with Crippen molar-refractivity contribution in [1.82, 2.24) is 5.32 Å². The molecule has 4 heteroatoms. The van der Waals surface area contributed by atoms with Crippen molar-refractivity contribution in [2.45, 2.75) is 32.2 Å². The SMILES string of the molecule is CCOCCCC(Cc1cccc(Cl)c1Cl)NC. The zero-order chi connectivity index (χ0) is 13.4. The summed E-state index contributed by atoms with van der Waals surface area (Å²) >= 11 is 12.2. The second-order valence-corrected chi connectivity index (χ2v) is 5.03. The lowest BCUT2D eigenvalue weighted by Crippen LogP contribution is -2.28. The van der Waals surface area contributed by atoms with Crippen molar-refractivity contribution in [3.63, 3.8) is 0 Å². The van der Waals surface area contributed by atoms with E-state index in [1.165, 1.54) is 0 Å². The van der Waals surface area contributed by atoms with Gasteiger partial charge in [0.05, 0.1) is 10.0 Å². The van der Waals surface area contributed by atoms with E-state index in [1.807, 2.05) is 32.2 Å². The van der Waals surface area contributed by atoms with Crippen LogP contribution in [0.25, 0.3) is 0 Å². The molecule has 0 aliphatic rings. The van der Waals surface area contributed by atoms with Gasteiger partial charge in [-0.2, -0.15) is 0 Å². The van der Waals surface area contributed by atoms with Crippen LogP contribution in [0.1, 0.15) is 25.3 Å². The van der Waals surface area contributed by atoms with Crippen LogP contribution in [-0.2, 0) is 11.2 Å². The topological polar surface area (TPSA) is 21.3 Å². The number of ether oxygens (including phenoxy) is 1. The average Bonchev–Trinajstić information content (AvgIpc) is 2.38. The first kappa shape index (κ1) is 15.8. The lowest BCUT2D eigenvalue weighted by atomic mass is 10.0. The average molecular weight is 290 g/mol. The molecule has 1 N–H and O–H groups in total. The predicted molar refractivity (Wildman–Crippen MR) is 78.7 cm³/mol. The molecule has 0 aromatic heterocycles. The van der Waals surface area contributed by atoms with Crippen molar-refractivity contribution >= 4 is 23.2 Å². The molecule has 0 spiro atoms. The molecule has 0 bridgehead atoms. The number of likely N-dealkylation sites (N-methyl/N-ethyl adjacent to an activating group) is 1. The maximum Gasteiger partial charge on any atom is 0.0624 e. The fourth-order valence-corrected chi connectivity index (χ4v) is 2.29. The van der Waals surface area contributed by atoms with Gasteiger partial charge in [-0.15, -0.1) is 0 Å². The van der Waals surface area contributed by atoms with Crippen molar-refractivity contribution in [2.75, 3.05) is 20.3 Å². The highest BCUT2D eigenvalue weighted by Crippen LogP contribution is 2.26. The standard InChI is InChI=1S/C14H21Cl2NO/c1-3-18-9-5-7-12(17-2)10-11-6-4-8-13(15)14(11)16/h4,6,8,12,17H,3,5,7,9-10H2,1-2H3. The van der Waals surface area contributed by atoms with Crippen LogP contribution in [0.5, 0.6) is 0 Å². The van der Waals surface area contributed by atoms with Gasteiger partial charge < -0.3 is 10.1 Å². The zero-order valence-corrected chi connectivity index (χ0v) is 12.5. The molecule has 0 saturated carbocycles. The molecule has 102 valence electrons. The zero-order valence-electron chi connectivity index (χ0n) is 11.0. The maximum absolute atomic E-state index is 6.19. The summed E-state index contributed by atoms with van der Waals surface area (Å²) in [4.78, 5) is 0. The minimum absolute atomic E-state index is 0.404. The van der Waals surface area contributed by atoms with Crippen LogP contribution in [0.15, 0.2) is 18.2 Å². The lowest BCUT2D eigenvalue weighted by Gasteiger charge is -2.17. The molecule has 0 aliphatic carbocycles. The van der Waals surface area contributed by atoms with Gasteiger partial charge in [-0.25, -0.2) is 0 Å². The highest BCUT2D eigenvalue weighted by Gasteiger charge is 2.11. The molecule has 0 aliphatic heterocycles. The van der Waals surface area contributed by atoms with Gasteiger partial charge in [-0.1, -0.05) is 35.3 Å². The molecule has 0 amide bonds. The minimum atomic E-state index is 0.404. The van der Waals surface area contributed by atoms with Crippen molar-refractivity contribution in [3.05, 3.63) is 33.8 Å². The Morgan fingerprint density at radius 3 is 2.78 bits per heavy atom. The van der Waals surface area contributed by atoms with Crippen LogP contribution in [0.2, 0.25) is 10.0 Å². The maximum atomic E-state index is 6.19. The first-order valence-electron chi connectivity index (χ1n) is 6.37. The number of rotatable bonds is 8.